The van der Waals surface area contributed by atoms with Crippen molar-refractivity contribution in [2.24, 2.45) is 0 Å². The van der Waals surface area contributed by atoms with Crippen LogP contribution in [0.2, 0.25) is 0 Å². The van der Waals surface area contributed by atoms with Crippen LogP contribution in [0.15, 0.2) is 36.4 Å². The molecule has 0 atom stereocenters. The minimum Gasteiger partial charge on any atom is -0.493 e. The molecule has 0 radical (unpaired) electrons. The molecule has 0 aliphatic heterocycles. The fourth-order valence-corrected chi connectivity index (χ4v) is 4.59. The maximum absolute atomic E-state index is 5.48. The van der Waals surface area contributed by atoms with E-state index in [9.17, 15) is 0 Å². The molecule has 0 spiro atoms. The van der Waals surface area contributed by atoms with E-state index in [-0.39, 0.29) is 7.43 Å². The summed E-state index contributed by atoms with van der Waals surface area (Å²) in [7, 11) is 8.94. The third-order valence-electron chi connectivity index (χ3n) is 6.39. The Hall–Kier alpha value is -3.26. The first-order valence-electron chi connectivity index (χ1n) is 11.7. The third kappa shape index (κ3) is 6.06. The molecule has 4 rings (SSSR count). The molecule has 3 aromatic rings. The summed E-state index contributed by atoms with van der Waals surface area (Å²) in [4.78, 5) is 11.6. The highest BCUT2D eigenvalue weighted by molar-refractivity contribution is 5.90. The van der Waals surface area contributed by atoms with Crippen molar-refractivity contribution in [3.8, 4) is 17.2 Å². The number of anilines is 2. The van der Waals surface area contributed by atoms with Crippen molar-refractivity contribution in [2.45, 2.75) is 51.7 Å². The summed E-state index contributed by atoms with van der Waals surface area (Å²) < 4.78 is 16.4. The highest BCUT2D eigenvalue weighted by atomic mass is 16.5. The Morgan fingerprint density at radius 2 is 1.51 bits per heavy atom. The van der Waals surface area contributed by atoms with E-state index < -0.39 is 0 Å². The summed E-state index contributed by atoms with van der Waals surface area (Å²) in [5, 5.41) is 8.34. The van der Waals surface area contributed by atoms with Gasteiger partial charge in [-0.1, -0.05) is 19.6 Å². The predicted molar refractivity (Wildman–Crippen MR) is 143 cm³/mol. The van der Waals surface area contributed by atoms with Crippen LogP contribution in [0.1, 0.15) is 38.7 Å². The zero-order valence-corrected chi connectivity index (χ0v) is 20.7. The van der Waals surface area contributed by atoms with Crippen LogP contribution in [0.4, 0.5) is 11.8 Å². The van der Waals surface area contributed by atoms with Crippen molar-refractivity contribution >= 4 is 22.7 Å². The van der Waals surface area contributed by atoms with Crippen molar-refractivity contribution in [1.29, 1.82) is 0 Å². The molecule has 1 aliphatic carbocycles. The molecule has 0 amide bonds. The van der Waals surface area contributed by atoms with Crippen LogP contribution in [0, 0.1) is 0 Å². The van der Waals surface area contributed by atoms with E-state index in [2.05, 4.69) is 16.7 Å². The lowest BCUT2D eigenvalue weighted by molar-refractivity contribution is 0.322. The van der Waals surface area contributed by atoms with Crippen LogP contribution >= 0.6 is 0 Å². The molecular formula is C27H39N5O3. The number of hydrogen-bond acceptors (Lipinski definition) is 8. The molecule has 8 nitrogen and oxygen atoms in total. The zero-order valence-electron chi connectivity index (χ0n) is 20.7. The van der Waals surface area contributed by atoms with Gasteiger partial charge in [-0.25, -0.2) is 4.98 Å². The summed E-state index contributed by atoms with van der Waals surface area (Å²) in [6.07, 6.45) is 4.33. The number of para-hydroxylation sites is 1. The van der Waals surface area contributed by atoms with Gasteiger partial charge in [-0.3, -0.25) is 0 Å². The van der Waals surface area contributed by atoms with Crippen molar-refractivity contribution in [3.05, 3.63) is 42.0 Å². The van der Waals surface area contributed by atoms with Crippen LogP contribution in [0.5, 0.6) is 17.2 Å². The topological polar surface area (TPSA) is 80.8 Å². The minimum absolute atomic E-state index is 0. The molecule has 35 heavy (non-hydrogen) atoms. The van der Waals surface area contributed by atoms with Crippen molar-refractivity contribution in [3.63, 3.8) is 0 Å². The van der Waals surface area contributed by atoms with Crippen LogP contribution < -0.4 is 29.7 Å². The van der Waals surface area contributed by atoms with E-state index in [4.69, 9.17) is 24.2 Å². The van der Waals surface area contributed by atoms with E-state index in [1.165, 1.54) is 0 Å². The molecule has 2 N–H and O–H groups in total. The van der Waals surface area contributed by atoms with Gasteiger partial charge < -0.3 is 29.7 Å². The third-order valence-corrected chi connectivity index (χ3v) is 6.39. The lowest BCUT2D eigenvalue weighted by atomic mass is 9.91. The smallest absolute Gasteiger partial charge is 0.225 e. The number of methoxy groups -OCH3 is 3. The van der Waals surface area contributed by atoms with Gasteiger partial charge in [0.15, 0.2) is 11.5 Å². The molecule has 1 aliphatic rings. The van der Waals surface area contributed by atoms with Gasteiger partial charge in [0.1, 0.15) is 5.82 Å². The summed E-state index contributed by atoms with van der Waals surface area (Å²) in [6, 6.07) is 13.0. The average Bonchev–Trinajstić information content (AvgIpc) is 2.87. The largest absolute Gasteiger partial charge is 0.493 e. The molecule has 1 heterocycles. The number of rotatable bonds is 9. The van der Waals surface area contributed by atoms with Gasteiger partial charge in [0.05, 0.1) is 26.8 Å². The van der Waals surface area contributed by atoms with Crippen LogP contribution in [-0.2, 0) is 6.54 Å². The molecule has 0 bridgehead atoms. The summed E-state index contributed by atoms with van der Waals surface area (Å²) in [5.74, 6) is 3.62. The second-order valence-corrected chi connectivity index (χ2v) is 8.89. The number of nitrogens with one attached hydrogen (secondary N) is 2. The Morgan fingerprint density at radius 3 is 2.11 bits per heavy atom. The van der Waals surface area contributed by atoms with Crippen molar-refractivity contribution < 1.29 is 14.2 Å². The van der Waals surface area contributed by atoms with Gasteiger partial charge in [-0.15, -0.1) is 0 Å². The summed E-state index contributed by atoms with van der Waals surface area (Å²) in [5.41, 5.74) is 2.07. The fourth-order valence-electron chi connectivity index (χ4n) is 4.59. The van der Waals surface area contributed by atoms with E-state index in [1.54, 1.807) is 21.3 Å². The Morgan fingerprint density at radius 1 is 0.886 bits per heavy atom. The molecule has 8 heteroatoms. The number of hydrogen-bond donors (Lipinski definition) is 2. The summed E-state index contributed by atoms with van der Waals surface area (Å²) >= 11 is 0. The molecule has 0 saturated heterocycles. The van der Waals surface area contributed by atoms with Gasteiger partial charge in [-0.2, -0.15) is 4.98 Å². The van der Waals surface area contributed by atoms with Gasteiger partial charge in [-0.05, 0) is 55.5 Å². The molecular weight excluding hydrogens is 442 g/mol. The first kappa shape index (κ1) is 26.3. The fraction of sp³-hybridized carbons (Fsp3) is 0.481. The second-order valence-electron chi connectivity index (χ2n) is 8.89. The molecule has 2 aromatic carbocycles. The predicted octanol–water partition coefficient (Wildman–Crippen LogP) is 4.87. The number of benzene rings is 2. The Balaban J connectivity index is 0.00000342. The normalized spacial score (nSPS) is 17.4. The highest BCUT2D eigenvalue weighted by Crippen LogP contribution is 2.38. The number of fused-ring (bicyclic) bond motifs is 1. The first-order valence-corrected chi connectivity index (χ1v) is 11.7. The van der Waals surface area contributed by atoms with Crippen molar-refractivity contribution in [2.75, 3.05) is 45.6 Å². The Bertz CT molecular complexity index is 1090. The number of aromatic nitrogens is 2. The maximum Gasteiger partial charge on any atom is 0.225 e. The lowest BCUT2D eigenvalue weighted by Gasteiger charge is -2.30. The molecule has 190 valence electrons. The maximum atomic E-state index is 5.48. The first-order chi connectivity index (χ1) is 16.5. The zero-order chi connectivity index (χ0) is 24.1. The van der Waals surface area contributed by atoms with Crippen LogP contribution in [-0.4, -0.2) is 57.5 Å². The standard InChI is InChI=1S/C26H35N5O3.CH4/c1-31(2)25-20-8-6-7-9-21(20)29-26(30-25)28-19-12-10-18(11-13-19)27-16-17-14-22(32-3)24(34-5)23(15-17)33-4;/h6-9,14-15,18-19,27H,10-13,16H2,1-5H3,(H,28,29,30);1H4. The van der Waals surface area contributed by atoms with E-state index in [0.717, 1.165) is 54.5 Å². The van der Waals surface area contributed by atoms with E-state index in [0.29, 0.717) is 35.3 Å². The van der Waals surface area contributed by atoms with Crippen LogP contribution in [0.3, 0.4) is 0 Å². The second kappa shape index (κ2) is 11.9. The number of nitrogens with zero attached hydrogens (tertiary/aromatic N) is 3. The Labute approximate surface area is 209 Å². The monoisotopic (exact) mass is 481 g/mol. The highest BCUT2D eigenvalue weighted by Gasteiger charge is 2.22. The Kier molecular flexibility index (Phi) is 8.98. The quantitative estimate of drug-likeness (QED) is 0.448. The molecule has 1 saturated carbocycles. The molecule has 1 aromatic heterocycles. The van der Waals surface area contributed by atoms with E-state index >= 15 is 0 Å². The molecule has 0 unspecified atom stereocenters. The van der Waals surface area contributed by atoms with Crippen molar-refractivity contribution in [1.82, 2.24) is 15.3 Å². The minimum atomic E-state index is 0. The van der Waals surface area contributed by atoms with Gasteiger partial charge in [0.25, 0.3) is 0 Å². The number of ether oxygens (including phenoxy) is 3. The van der Waals surface area contributed by atoms with E-state index in [1.807, 2.05) is 49.3 Å². The molecule has 1 fully saturated rings. The van der Waals surface area contributed by atoms with Crippen LogP contribution in [0.25, 0.3) is 10.9 Å². The average molecular weight is 482 g/mol. The SMILES string of the molecule is C.COc1cc(CNC2CCC(Nc3nc(N(C)C)c4ccccc4n3)CC2)cc(OC)c1OC. The van der Waals surface area contributed by atoms with Gasteiger partial charge in [0.2, 0.25) is 11.7 Å². The summed E-state index contributed by atoms with van der Waals surface area (Å²) in [6.45, 7) is 0.749. The van der Waals surface area contributed by atoms with Gasteiger partial charge >= 0.3 is 0 Å². The van der Waals surface area contributed by atoms with Gasteiger partial charge in [0, 0.05) is 38.1 Å². The lowest BCUT2D eigenvalue weighted by Crippen LogP contribution is -2.37.